The maximum absolute atomic E-state index is 13.2. The van der Waals surface area contributed by atoms with E-state index in [2.05, 4.69) is 16.8 Å². The van der Waals surface area contributed by atoms with Crippen LogP contribution in [0.5, 0.6) is 5.75 Å². The van der Waals surface area contributed by atoms with Crippen molar-refractivity contribution in [2.75, 3.05) is 46.9 Å². The Kier molecular flexibility index (Phi) is 6.37. The number of methoxy groups -OCH3 is 1. The van der Waals surface area contributed by atoms with Gasteiger partial charge in [0.15, 0.2) is 0 Å². The summed E-state index contributed by atoms with van der Waals surface area (Å²) < 4.78 is 5.26. The molecule has 0 bridgehead atoms. The summed E-state index contributed by atoms with van der Waals surface area (Å²) in [5, 5.41) is 7.12. The van der Waals surface area contributed by atoms with E-state index in [1.165, 1.54) is 0 Å². The van der Waals surface area contributed by atoms with Crippen molar-refractivity contribution in [3.63, 3.8) is 0 Å². The fraction of sp³-hybridized carbons (Fsp3) is 0.391. The Bertz CT molecular complexity index is 906. The summed E-state index contributed by atoms with van der Waals surface area (Å²) in [7, 11) is 3.76. The van der Waals surface area contributed by atoms with Gasteiger partial charge in [-0.1, -0.05) is 23.7 Å². The van der Waals surface area contributed by atoms with Gasteiger partial charge in [-0.3, -0.25) is 9.69 Å². The number of carbonyl (C=O) groups excluding carboxylic acids is 1. The van der Waals surface area contributed by atoms with E-state index in [0.29, 0.717) is 18.0 Å². The number of carbonyl (C=O) groups is 1. The highest BCUT2D eigenvalue weighted by Gasteiger charge is 2.34. The molecule has 1 amide bonds. The lowest BCUT2D eigenvalue weighted by Crippen LogP contribution is -2.48. The van der Waals surface area contributed by atoms with Gasteiger partial charge in [0.05, 0.1) is 25.4 Å². The van der Waals surface area contributed by atoms with E-state index in [9.17, 15) is 4.79 Å². The highest BCUT2D eigenvalue weighted by atomic mass is 35.5. The van der Waals surface area contributed by atoms with Crippen LogP contribution < -0.4 is 4.74 Å². The summed E-state index contributed by atoms with van der Waals surface area (Å²) in [5.74, 6) is 0.831. The standard InChI is InChI=1S/C23H27ClN4O2/c1-26-11-13-27(14-12-26)16-23(29)28-22(18-3-7-19(24)8-4-18)15-21(25-28)17-5-9-20(30-2)10-6-17/h3-10,22H,11-16H2,1-2H3. The summed E-state index contributed by atoms with van der Waals surface area (Å²) >= 11 is 6.08. The van der Waals surface area contributed by atoms with Gasteiger partial charge < -0.3 is 9.64 Å². The summed E-state index contributed by atoms with van der Waals surface area (Å²) in [6.45, 7) is 4.15. The number of halogens is 1. The van der Waals surface area contributed by atoms with Gasteiger partial charge in [0.25, 0.3) is 5.91 Å². The summed E-state index contributed by atoms with van der Waals surface area (Å²) in [4.78, 5) is 17.7. The third-order valence-corrected chi connectivity index (χ3v) is 6.05. The molecule has 158 valence electrons. The van der Waals surface area contributed by atoms with Gasteiger partial charge in [0, 0.05) is 37.6 Å². The molecule has 0 spiro atoms. The minimum absolute atomic E-state index is 0.0306. The quantitative estimate of drug-likeness (QED) is 0.736. The monoisotopic (exact) mass is 426 g/mol. The first-order valence-corrected chi connectivity index (χ1v) is 10.6. The summed E-state index contributed by atoms with van der Waals surface area (Å²) in [5.41, 5.74) is 2.95. The maximum atomic E-state index is 13.2. The Morgan fingerprint density at radius 3 is 2.37 bits per heavy atom. The minimum atomic E-state index is -0.126. The fourth-order valence-electron chi connectivity index (χ4n) is 3.91. The van der Waals surface area contributed by atoms with Crippen LogP contribution in [0.15, 0.2) is 53.6 Å². The third-order valence-electron chi connectivity index (χ3n) is 5.80. The lowest BCUT2D eigenvalue weighted by Gasteiger charge is -2.33. The molecule has 0 aromatic heterocycles. The van der Waals surface area contributed by atoms with Crippen molar-refractivity contribution in [2.45, 2.75) is 12.5 Å². The Hall–Kier alpha value is -2.41. The molecule has 6 nitrogen and oxygen atoms in total. The fourth-order valence-corrected chi connectivity index (χ4v) is 4.04. The number of nitrogens with zero attached hydrogens (tertiary/aromatic N) is 4. The van der Waals surface area contributed by atoms with Gasteiger partial charge in [0.1, 0.15) is 5.75 Å². The van der Waals surface area contributed by atoms with Crippen LogP contribution in [0.1, 0.15) is 23.6 Å². The molecule has 0 saturated carbocycles. The molecule has 1 atom stereocenters. The van der Waals surface area contributed by atoms with Crippen molar-refractivity contribution in [1.29, 1.82) is 0 Å². The zero-order valence-electron chi connectivity index (χ0n) is 17.4. The smallest absolute Gasteiger partial charge is 0.257 e. The predicted octanol–water partition coefficient (Wildman–Crippen LogP) is 3.27. The van der Waals surface area contributed by atoms with Gasteiger partial charge in [-0.15, -0.1) is 0 Å². The molecule has 2 heterocycles. The van der Waals surface area contributed by atoms with Crippen molar-refractivity contribution in [3.05, 3.63) is 64.7 Å². The molecule has 1 saturated heterocycles. The van der Waals surface area contributed by atoms with Crippen molar-refractivity contribution < 1.29 is 9.53 Å². The number of ether oxygens (including phenoxy) is 1. The van der Waals surface area contributed by atoms with Gasteiger partial charge in [-0.2, -0.15) is 5.10 Å². The van der Waals surface area contributed by atoms with Crippen molar-refractivity contribution in [2.24, 2.45) is 5.10 Å². The molecule has 2 aliphatic rings. The number of rotatable bonds is 5. The van der Waals surface area contributed by atoms with E-state index in [0.717, 1.165) is 48.8 Å². The zero-order valence-corrected chi connectivity index (χ0v) is 18.2. The molecule has 1 unspecified atom stereocenters. The maximum Gasteiger partial charge on any atom is 0.257 e. The predicted molar refractivity (Wildman–Crippen MR) is 119 cm³/mol. The second-order valence-corrected chi connectivity index (χ2v) is 8.30. The SMILES string of the molecule is COc1ccc(C2=NN(C(=O)CN3CCN(C)CC3)C(c3ccc(Cl)cc3)C2)cc1. The van der Waals surface area contributed by atoms with Crippen LogP contribution in [0.4, 0.5) is 0 Å². The number of amides is 1. The van der Waals surface area contributed by atoms with Crippen LogP contribution in [-0.2, 0) is 4.79 Å². The first kappa shape index (κ1) is 20.8. The number of hydrazone groups is 1. The molecule has 2 aliphatic heterocycles. The normalized spacial score (nSPS) is 20.3. The van der Waals surface area contributed by atoms with Crippen LogP contribution in [0.25, 0.3) is 0 Å². The van der Waals surface area contributed by atoms with Crippen LogP contribution >= 0.6 is 11.6 Å². The number of piperazine rings is 1. The highest BCUT2D eigenvalue weighted by molar-refractivity contribution is 6.30. The van der Waals surface area contributed by atoms with Crippen LogP contribution in [0, 0.1) is 0 Å². The molecule has 2 aromatic rings. The van der Waals surface area contributed by atoms with E-state index in [1.807, 2.05) is 48.5 Å². The first-order valence-electron chi connectivity index (χ1n) is 10.2. The van der Waals surface area contributed by atoms with Gasteiger partial charge in [-0.05, 0) is 54.6 Å². The van der Waals surface area contributed by atoms with Crippen molar-refractivity contribution >= 4 is 23.2 Å². The average molecular weight is 427 g/mol. The third kappa shape index (κ3) is 4.67. The molecular weight excluding hydrogens is 400 g/mol. The zero-order chi connectivity index (χ0) is 21.1. The van der Waals surface area contributed by atoms with E-state index in [4.69, 9.17) is 21.4 Å². The van der Waals surface area contributed by atoms with E-state index >= 15 is 0 Å². The van der Waals surface area contributed by atoms with Gasteiger partial charge in [0.2, 0.25) is 0 Å². The molecule has 2 aromatic carbocycles. The number of likely N-dealkylation sites (N-methyl/N-ethyl adjacent to an activating group) is 1. The molecule has 0 radical (unpaired) electrons. The minimum Gasteiger partial charge on any atom is -0.497 e. The van der Waals surface area contributed by atoms with Gasteiger partial charge >= 0.3 is 0 Å². The largest absolute Gasteiger partial charge is 0.497 e. The Morgan fingerprint density at radius 1 is 1.07 bits per heavy atom. The van der Waals surface area contributed by atoms with E-state index in [1.54, 1.807) is 12.1 Å². The Morgan fingerprint density at radius 2 is 1.73 bits per heavy atom. The van der Waals surface area contributed by atoms with E-state index in [-0.39, 0.29) is 11.9 Å². The number of hydrogen-bond acceptors (Lipinski definition) is 5. The lowest BCUT2D eigenvalue weighted by atomic mass is 9.98. The number of hydrogen-bond donors (Lipinski definition) is 0. The Balaban J connectivity index is 1.57. The van der Waals surface area contributed by atoms with E-state index < -0.39 is 0 Å². The molecule has 4 rings (SSSR count). The van der Waals surface area contributed by atoms with Crippen molar-refractivity contribution in [1.82, 2.24) is 14.8 Å². The Labute approximate surface area is 182 Å². The molecule has 0 N–H and O–H groups in total. The molecule has 1 fully saturated rings. The topological polar surface area (TPSA) is 48.4 Å². The molecular formula is C23H27ClN4O2. The molecule has 30 heavy (non-hydrogen) atoms. The second kappa shape index (κ2) is 9.16. The first-order chi connectivity index (χ1) is 14.5. The highest BCUT2D eigenvalue weighted by Crippen LogP contribution is 2.33. The molecule has 0 aliphatic carbocycles. The second-order valence-electron chi connectivity index (χ2n) is 7.86. The summed E-state index contributed by atoms with van der Waals surface area (Å²) in [6, 6.07) is 15.4. The van der Waals surface area contributed by atoms with Crippen LogP contribution in [0.3, 0.4) is 0 Å². The number of benzene rings is 2. The van der Waals surface area contributed by atoms with Crippen LogP contribution in [-0.4, -0.2) is 73.3 Å². The van der Waals surface area contributed by atoms with Crippen molar-refractivity contribution in [3.8, 4) is 5.75 Å². The lowest BCUT2D eigenvalue weighted by molar-refractivity contribution is -0.134. The average Bonchev–Trinajstić information content (AvgIpc) is 3.21. The summed E-state index contributed by atoms with van der Waals surface area (Å²) in [6.07, 6.45) is 0.669. The molecule has 7 heteroatoms. The van der Waals surface area contributed by atoms with Gasteiger partial charge in [-0.25, -0.2) is 5.01 Å². The van der Waals surface area contributed by atoms with Crippen LogP contribution in [0.2, 0.25) is 5.02 Å².